The van der Waals surface area contributed by atoms with E-state index in [-0.39, 0.29) is 0 Å². The lowest BCUT2D eigenvalue weighted by molar-refractivity contribution is -0.119. The average molecular weight is 437 g/mol. The molecule has 0 aliphatic heterocycles. The number of carbonyl (C=O) groups excluding carboxylic acids is 1. The maximum Gasteiger partial charge on any atom is 0.132 e. The van der Waals surface area contributed by atoms with E-state index in [4.69, 9.17) is 0 Å². The normalized spacial score (nSPS) is 11.3. The molecule has 0 aromatic rings. The molecule has 186 valence electrons. The van der Waals surface area contributed by atoms with E-state index in [1.807, 2.05) is 0 Å². The molecule has 0 saturated heterocycles. The highest BCUT2D eigenvalue weighted by Gasteiger charge is 2.02. The average Bonchev–Trinajstić information content (AvgIpc) is 2.77. The molecule has 0 amide bonds. The Morgan fingerprint density at radius 3 is 0.742 bits per heavy atom. The van der Waals surface area contributed by atoms with Gasteiger partial charge in [-0.05, 0) is 12.8 Å². The van der Waals surface area contributed by atoms with Crippen LogP contribution in [0, 0.1) is 0 Å². The van der Waals surface area contributed by atoms with Gasteiger partial charge in [-0.3, -0.25) is 4.79 Å². The molecule has 0 aliphatic rings. The van der Waals surface area contributed by atoms with Crippen molar-refractivity contribution in [2.45, 2.75) is 187 Å². The molecule has 0 heterocycles. The molecule has 0 aromatic carbocycles. The number of unbranched alkanes of at least 4 members (excludes halogenated alkanes) is 23. The van der Waals surface area contributed by atoms with Gasteiger partial charge in [0.1, 0.15) is 5.78 Å². The van der Waals surface area contributed by atoms with Crippen molar-refractivity contribution in [1.29, 1.82) is 0 Å². The Balaban J connectivity index is 3.11. The smallest absolute Gasteiger partial charge is 0.132 e. The highest BCUT2D eigenvalue weighted by Crippen LogP contribution is 2.15. The van der Waals surface area contributed by atoms with Gasteiger partial charge in [0.2, 0.25) is 0 Å². The first-order valence-corrected chi connectivity index (χ1v) is 14.8. The summed E-state index contributed by atoms with van der Waals surface area (Å²) < 4.78 is 0. The van der Waals surface area contributed by atoms with Crippen molar-refractivity contribution >= 4 is 5.78 Å². The van der Waals surface area contributed by atoms with Crippen LogP contribution in [0.4, 0.5) is 0 Å². The third-order valence-corrected chi connectivity index (χ3v) is 6.87. The first-order valence-electron chi connectivity index (χ1n) is 14.8. The zero-order valence-corrected chi connectivity index (χ0v) is 22.0. The van der Waals surface area contributed by atoms with Crippen molar-refractivity contribution in [1.82, 2.24) is 0 Å². The van der Waals surface area contributed by atoms with Gasteiger partial charge in [-0.2, -0.15) is 0 Å². The molecule has 0 atom stereocenters. The molecule has 0 spiro atoms. The minimum Gasteiger partial charge on any atom is -0.300 e. The molecule has 0 aromatic heterocycles. The molecule has 0 aliphatic carbocycles. The summed E-state index contributed by atoms with van der Waals surface area (Å²) in [6.07, 6.45) is 36.1. The summed E-state index contributed by atoms with van der Waals surface area (Å²) in [4.78, 5) is 12.0. The second-order valence-corrected chi connectivity index (χ2v) is 10.2. The Labute approximate surface area is 197 Å². The van der Waals surface area contributed by atoms with Crippen LogP contribution in [0.5, 0.6) is 0 Å². The van der Waals surface area contributed by atoms with E-state index in [0.717, 1.165) is 25.7 Å². The first kappa shape index (κ1) is 30.7. The Kier molecular flexibility index (Phi) is 27.4. The number of rotatable bonds is 27. The lowest BCUT2D eigenvalue weighted by Crippen LogP contribution is -1.97. The van der Waals surface area contributed by atoms with E-state index in [0.29, 0.717) is 5.78 Å². The monoisotopic (exact) mass is 436 g/mol. The van der Waals surface area contributed by atoms with Gasteiger partial charge in [-0.1, -0.05) is 162 Å². The fourth-order valence-electron chi connectivity index (χ4n) is 4.63. The van der Waals surface area contributed by atoms with Crippen LogP contribution < -0.4 is 0 Å². The van der Waals surface area contributed by atoms with Crippen LogP contribution in [0.3, 0.4) is 0 Å². The fraction of sp³-hybridized carbons (Fsp3) is 0.967. The van der Waals surface area contributed by atoms with Gasteiger partial charge in [0.05, 0.1) is 0 Å². The van der Waals surface area contributed by atoms with Crippen LogP contribution in [-0.4, -0.2) is 5.78 Å². The highest BCUT2D eigenvalue weighted by molar-refractivity contribution is 5.78. The van der Waals surface area contributed by atoms with Crippen molar-refractivity contribution in [3.05, 3.63) is 0 Å². The molecule has 0 fully saturated rings. The Morgan fingerprint density at radius 1 is 0.323 bits per heavy atom. The SMILES string of the molecule is CCCCCCCCCCCCCCCCCCCC(=O)CCCCCCCCCC. The Morgan fingerprint density at radius 2 is 0.516 bits per heavy atom. The highest BCUT2D eigenvalue weighted by atomic mass is 16.1. The molecule has 1 heteroatoms. The number of hydrogen-bond acceptors (Lipinski definition) is 1. The molecule has 0 rings (SSSR count). The summed E-state index contributed by atoms with van der Waals surface area (Å²) in [5.41, 5.74) is 0. The standard InChI is InChI=1S/C30H60O/c1-3-5-7-9-11-13-14-15-16-17-18-19-20-21-23-25-27-29-30(31)28-26-24-22-12-10-8-6-4-2/h3-29H2,1-2H3. The summed E-state index contributed by atoms with van der Waals surface area (Å²) in [7, 11) is 0. The van der Waals surface area contributed by atoms with Crippen LogP contribution in [0.1, 0.15) is 187 Å². The maximum absolute atomic E-state index is 12.0. The van der Waals surface area contributed by atoms with Crippen LogP contribution in [0.25, 0.3) is 0 Å². The van der Waals surface area contributed by atoms with Gasteiger partial charge >= 0.3 is 0 Å². The second-order valence-electron chi connectivity index (χ2n) is 10.2. The zero-order valence-electron chi connectivity index (χ0n) is 22.0. The molecule has 0 unspecified atom stereocenters. The van der Waals surface area contributed by atoms with E-state index in [1.165, 1.54) is 148 Å². The van der Waals surface area contributed by atoms with Crippen molar-refractivity contribution < 1.29 is 4.79 Å². The summed E-state index contributed by atoms with van der Waals surface area (Å²) in [6, 6.07) is 0. The number of Topliss-reactive ketones (excluding diaryl/α,β-unsaturated/α-hetero) is 1. The van der Waals surface area contributed by atoms with Crippen molar-refractivity contribution in [3.63, 3.8) is 0 Å². The molecule has 0 N–H and O–H groups in total. The largest absolute Gasteiger partial charge is 0.300 e. The summed E-state index contributed by atoms with van der Waals surface area (Å²) in [5, 5.41) is 0. The number of carbonyl (C=O) groups is 1. The van der Waals surface area contributed by atoms with Gasteiger partial charge in [-0.25, -0.2) is 0 Å². The molecule has 31 heavy (non-hydrogen) atoms. The summed E-state index contributed by atoms with van der Waals surface area (Å²) in [5.74, 6) is 0.520. The molecule has 0 radical (unpaired) electrons. The van der Waals surface area contributed by atoms with E-state index in [1.54, 1.807) is 0 Å². The summed E-state index contributed by atoms with van der Waals surface area (Å²) in [6.45, 7) is 4.56. The van der Waals surface area contributed by atoms with E-state index < -0.39 is 0 Å². The Bertz CT molecular complexity index is 335. The third kappa shape index (κ3) is 27.6. The van der Waals surface area contributed by atoms with E-state index in [2.05, 4.69) is 13.8 Å². The lowest BCUT2D eigenvalue weighted by Gasteiger charge is -2.04. The molecular weight excluding hydrogens is 376 g/mol. The van der Waals surface area contributed by atoms with Crippen LogP contribution in [0.15, 0.2) is 0 Å². The van der Waals surface area contributed by atoms with Crippen molar-refractivity contribution in [2.24, 2.45) is 0 Å². The maximum atomic E-state index is 12.0. The second kappa shape index (κ2) is 27.7. The topological polar surface area (TPSA) is 17.1 Å². The fourth-order valence-corrected chi connectivity index (χ4v) is 4.63. The molecular formula is C30H60O. The molecule has 0 saturated carbocycles. The molecule has 1 nitrogen and oxygen atoms in total. The van der Waals surface area contributed by atoms with Gasteiger partial charge in [0.15, 0.2) is 0 Å². The van der Waals surface area contributed by atoms with Gasteiger partial charge in [-0.15, -0.1) is 0 Å². The predicted octanol–water partition coefficient (Wildman–Crippen LogP) is 11.1. The predicted molar refractivity (Wildman–Crippen MR) is 141 cm³/mol. The zero-order chi connectivity index (χ0) is 22.7. The third-order valence-electron chi connectivity index (χ3n) is 6.87. The number of ketones is 1. The minimum absolute atomic E-state index is 0.520. The van der Waals surface area contributed by atoms with E-state index >= 15 is 0 Å². The Hall–Kier alpha value is -0.330. The first-order chi connectivity index (χ1) is 15.3. The van der Waals surface area contributed by atoms with Gasteiger partial charge < -0.3 is 0 Å². The van der Waals surface area contributed by atoms with Crippen LogP contribution >= 0.6 is 0 Å². The van der Waals surface area contributed by atoms with Crippen molar-refractivity contribution in [3.8, 4) is 0 Å². The summed E-state index contributed by atoms with van der Waals surface area (Å²) >= 11 is 0. The minimum atomic E-state index is 0.520. The van der Waals surface area contributed by atoms with Crippen LogP contribution in [0.2, 0.25) is 0 Å². The van der Waals surface area contributed by atoms with Crippen LogP contribution in [-0.2, 0) is 4.79 Å². The lowest BCUT2D eigenvalue weighted by atomic mass is 10.0. The van der Waals surface area contributed by atoms with Crippen molar-refractivity contribution in [2.75, 3.05) is 0 Å². The number of hydrogen-bond donors (Lipinski definition) is 0. The van der Waals surface area contributed by atoms with Gasteiger partial charge in [0, 0.05) is 12.8 Å². The molecule has 0 bridgehead atoms. The quantitative estimate of drug-likeness (QED) is 0.117. The van der Waals surface area contributed by atoms with E-state index in [9.17, 15) is 4.79 Å². The van der Waals surface area contributed by atoms with Gasteiger partial charge in [0.25, 0.3) is 0 Å².